The molecule has 0 atom stereocenters. The van der Waals surface area contributed by atoms with E-state index in [1.54, 1.807) is 12.1 Å². The Labute approximate surface area is 176 Å². The van der Waals surface area contributed by atoms with Gasteiger partial charge in [-0.15, -0.1) is 0 Å². The summed E-state index contributed by atoms with van der Waals surface area (Å²) in [5.41, 5.74) is -0.646. The average molecular weight is 464 g/mol. The van der Waals surface area contributed by atoms with Crippen LogP contribution in [0.2, 0.25) is 0 Å². The molecule has 30 heavy (non-hydrogen) atoms. The summed E-state index contributed by atoms with van der Waals surface area (Å²) in [4.78, 5) is 29.9. The summed E-state index contributed by atoms with van der Waals surface area (Å²) in [6.45, 7) is 0. The zero-order chi connectivity index (χ0) is 21.3. The Morgan fingerprint density at radius 2 is 1.73 bits per heavy atom. The first-order valence-corrected chi connectivity index (χ1v) is 9.42. The molecule has 7 nitrogen and oxygen atoms in total. The van der Waals surface area contributed by atoms with E-state index in [1.807, 2.05) is 24.3 Å². The quantitative estimate of drug-likeness (QED) is 0.501. The molecule has 146 valence electrons. The van der Waals surface area contributed by atoms with Crippen molar-refractivity contribution in [1.82, 2.24) is 19.6 Å². The van der Waals surface area contributed by atoms with Gasteiger partial charge in [-0.25, -0.2) is 18.9 Å². The van der Waals surface area contributed by atoms with Gasteiger partial charge in [-0.2, -0.15) is 10.4 Å². The molecular weight excluding hydrogens is 453 g/mol. The largest absolute Gasteiger partial charge is 0.288 e. The Kier molecular flexibility index (Phi) is 5.08. The number of H-pyrrole nitrogens is 1. The van der Waals surface area contributed by atoms with Crippen LogP contribution >= 0.6 is 15.9 Å². The van der Waals surface area contributed by atoms with Crippen LogP contribution in [0.5, 0.6) is 0 Å². The van der Waals surface area contributed by atoms with Crippen molar-refractivity contribution in [3.63, 3.8) is 0 Å². The third-order valence-electron chi connectivity index (χ3n) is 4.31. The highest BCUT2D eigenvalue weighted by Crippen LogP contribution is 2.19. The number of aromatic nitrogens is 4. The maximum Gasteiger partial charge on any atom is 0.288 e. The zero-order valence-electron chi connectivity index (χ0n) is 15.1. The molecule has 4 rings (SSSR count). The Morgan fingerprint density at radius 1 is 1.03 bits per heavy atom. The van der Waals surface area contributed by atoms with Gasteiger partial charge in [0.15, 0.2) is 0 Å². The van der Waals surface area contributed by atoms with Crippen LogP contribution in [-0.4, -0.2) is 19.6 Å². The lowest BCUT2D eigenvalue weighted by Gasteiger charge is -2.06. The highest BCUT2D eigenvalue weighted by atomic mass is 79.9. The van der Waals surface area contributed by atoms with Crippen molar-refractivity contribution in [1.29, 1.82) is 5.26 Å². The number of nitriles is 1. The number of nitrogens with zero attached hydrogens (tertiary/aromatic N) is 4. The number of rotatable bonds is 3. The van der Waals surface area contributed by atoms with Crippen LogP contribution in [0.1, 0.15) is 16.8 Å². The molecule has 0 fully saturated rings. The van der Waals surface area contributed by atoms with Gasteiger partial charge < -0.3 is 0 Å². The normalized spacial score (nSPS) is 11.1. The second-order valence-corrected chi connectivity index (χ2v) is 7.13. The zero-order valence-corrected chi connectivity index (χ0v) is 16.7. The minimum absolute atomic E-state index is 0.0206. The van der Waals surface area contributed by atoms with Crippen molar-refractivity contribution < 1.29 is 4.39 Å². The van der Waals surface area contributed by atoms with E-state index in [4.69, 9.17) is 0 Å². The molecule has 0 amide bonds. The summed E-state index contributed by atoms with van der Waals surface area (Å²) in [6, 6.07) is 14.4. The predicted octanol–water partition coefficient (Wildman–Crippen LogP) is 3.39. The van der Waals surface area contributed by atoms with E-state index in [0.29, 0.717) is 5.56 Å². The van der Waals surface area contributed by atoms with E-state index in [0.717, 1.165) is 14.4 Å². The van der Waals surface area contributed by atoms with Crippen molar-refractivity contribution >= 4 is 33.9 Å². The topological polar surface area (TPSA) is 104 Å². The van der Waals surface area contributed by atoms with Gasteiger partial charge in [-0.3, -0.25) is 9.59 Å². The molecule has 0 radical (unpaired) electrons. The molecule has 0 unspecified atom stereocenters. The molecule has 0 saturated heterocycles. The summed E-state index contributed by atoms with van der Waals surface area (Å²) in [5.74, 6) is -0.587. The number of fused-ring (bicyclic) bond motifs is 1. The maximum absolute atomic E-state index is 13.2. The van der Waals surface area contributed by atoms with Gasteiger partial charge >= 0.3 is 0 Å². The van der Waals surface area contributed by atoms with Gasteiger partial charge in [0, 0.05) is 10.0 Å². The van der Waals surface area contributed by atoms with Crippen LogP contribution in [-0.2, 0) is 0 Å². The summed E-state index contributed by atoms with van der Waals surface area (Å²) in [5, 5.41) is 16.1. The molecule has 1 N–H and O–H groups in total. The molecule has 0 aliphatic rings. The maximum atomic E-state index is 13.2. The number of benzene rings is 2. The SMILES string of the molecule is N#Cc1c(-c2ccc(F)cc2)nc2[nH]nc(/C=C/c3ccc(Br)cc3)c(=O)n2c1=O. The molecule has 0 aliphatic carbocycles. The van der Waals surface area contributed by atoms with Gasteiger partial charge in [0.2, 0.25) is 5.78 Å². The summed E-state index contributed by atoms with van der Waals surface area (Å²) in [6.07, 6.45) is 3.14. The highest BCUT2D eigenvalue weighted by Gasteiger charge is 2.17. The van der Waals surface area contributed by atoms with Gasteiger partial charge in [0.25, 0.3) is 11.1 Å². The number of halogens is 2. The third-order valence-corrected chi connectivity index (χ3v) is 4.84. The Morgan fingerprint density at radius 3 is 2.40 bits per heavy atom. The number of nitrogens with one attached hydrogen (secondary N) is 1. The molecule has 2 aromatic carbocycles. The summed E-state index contributed by atoms with van der Waals surface area (Å²) in [7, 11) is 0. The standard InChI is InChI=1S/C21H11BrFN5O2/c22-14-6-1-12(2-7-14)3-10-17-20(30)28-19(29)16(11-24)18(25-21(28)27-26-17)13-4-8-15(23)9-5-13/h1-10H,(H,25,27)/b10-3+. The molecule has 0 aliphatic heterocycles. The first-order valence-electron chi connectivity index (χ1n) is 8.63. The van der Waals surface area contributed by atoms with E-state index >= 15 is 0 Å². The van der Waals surface area contributed by atoms with E-state index in [2.05, 4.69) is 31.1 Å². The monoisotopic (exact) mass is 463 g/mol. The molecular formula is C21H11BrFN5O2. The Hall–Kier alpha value is -3.90. The first-order chi connectivity index (χ1) is 14.5. The summed E-state index contributed by atoms with van der Waals surface area (Å²) >= 11 is 3.35. The predicted molar refractivity (Wildman–Crippen MR) is 113 cm³/mol. The van der Waals surface area contributed by atoms with Crippen molar-refractivity contribution in [2.75, 3.05) is 0 Å². The number of aromatic amines is 1. The van der Waals surface area contributed by atoms with E-state index in [-0.39, 0.29) is 22.7 Å². The third kappa shape index (κ3) is 3.56. The van der Waals surface area contributed by atoms with Crippen molar-refractivity contribution in [3.8, 4) is 17.3 Å². The van der Waals surface area contributed by atoms with Gasteiger partial charge in [0.1, 0.15) is 23.1 Å². The smallest absolute Gasteiger partial charge is 0.267 e. The van der Waals surface area contributed by atoms with Gasteiger partial charge in [-0.05, 0) is 48.0 Å². The first kappa shape index (κ1) is 19.4. The average Bonchev–Trinajstić information content (AvgIpc) is 2.74. The van der Waals surface area contributed by atoms with E-state index < -0.39 is 16.9 Å². The lowest BCUT2D eigenvalue weighted by Crippen LogP contribution is -2.32. The second kappa shape index (κ2) is 7.85. The van der Waals surface area contributed by atoms with Crippen LogP contribution in [0.15, 0.2) is 62.6 Å². The molecule has 4 aromatic rings. The Bertz CT molecular complexity index is 1450. The van der Waals surface area contributed by atoms with Crippen molar-refractivity contribution in [2.24, 2.45) is 0 Å². The van der Waals surface area contributed by atoms with Crippen molar-refractivity contribution in [3.05, 3.63) is 96.3 Å². The van der Waals surface area contributed by atoms with E-state index in [1.165, 1.54) is 30.3 Å². The number of hydrogen-bond acceptors (Lipinski definition) is 5. The highest BCUT2D eigenvalue weighted by molar-refractivity contribution is 9.10. The second-order valence-electron chi connectivity index (χ2n) is 6.22. The summed E-state index contributed by atoms with van der Waals surface area (Å²) < 4.78 is 14.9. The molecule has 2 heterocycles. The van der Waals surface area contributed by atoms with Crippen LogP contribution in [0.4, 0.5) is 4.39 Å². The fraction of sp³-hybridized carbons (Fsp3) is 0. The number of hydrogen-bond donors (Lipinski definition) is 1. The Balaban J connectivity index is 1.87. The lowest BCUT2D eigenvalue weighted by molar-refractivity contribution is 0.628. The van der Waals surface area contributed by atoms with Crippen molar-refractivity contribution in [2.45, 2.75) is 0 Å². The minimum atomic E-state index is -0.830. The van der Waals surface area contributed by atoms with E-state index in [9.17, 15) is 19.2 Å². The van der Waals surface area contributed by atoms with Crippen LogP contribution in [0, 0.1) is 17.1 Å². The van der Waals surface area contributed by atoms with Crippen LogP contribution < -0.4 is 11.1 Å². The molecule has 0 bridgehead atoms. The van der Waals surface area contributed by atoms with Crippen LogP contribution in [0.25, 0.3) is 29.2 Å². The fourth-order valence-corrected chi connectivity index (χ4v) is 3.10. The molecule has 0 spiro atoms. The van der Waals surface area contributed by atoms with Crippen LogP contribution in [0.3, 0.4) is 0 Å². The molecule has 9 heteroatoms. The molecule has 0 saturated carbocycles. The van der Waals surface area contributed by atoms with Gasteiger partial charge in [0.05, 0.1) is 5.69 Å². The fourth-order valence-electron chi connectivity index (χ4n) is 2.83. The lowest BCUT2D eigenvalue weighted by atomic mass is 10.1. The molecule has 2 aromatic heterocycles. The minimum Gasteiger partial charge on any atom is -0.267 e. The van der Waals surface area contributed by atoms with Gasteiger partial charge in [-0.1, -0.05) is 34.1 Å².